The molecule has 1 unspecified atom stereocenters. The Balaban J connectivity index is 1.71. The number of hydrogen-bond donors (Lipinski definition) is 3. The summed E-state index contributed by atoms with van der Waals surface area (Å²) in [7, 11) is 3.25. The Hall–Kier alpha value is -4.10. The molecule has 32 heavy (non-hydrogen) atoms. The molecule has 0 saturated heterocycles. The van der Waals surface area contributed by atoms with Crippen molar-refractivity contribution in [3.8, 4) is 17.5 Å². The first kappa shape index (κ1) is 21.1. The fourth-order valence-corrected chi connectivity index (χ4v) is 3.51. The lowest BCUT2D eigenvalue weighted by Crippen LogP contribution is -2.22. The first-order valence-corrected chi connectivity index (χ1v) is 10.0. The molecule has 3 N–H and O–H groups in total. The van der Waals surface area contributed by atoms with E-state index in [1.807, 2.05) is 42.8 Å². The van der Waals surface area contributed by atoms with Gasteiger partial charge in [-0.2, -0.15) is 15.2 Å². The summed E-state index contributed by atoms with van der Waals surface area (Å²) in [5.41, 5.74) is 2.65. The molecule has 3 heterocycles. The van der Waals surface area contributed by atoms with Crippen LogP contribution >= 0.6 is 0 Å². The van der Waals surface area contributed by atoms with Gasteiger partial charge in [0.1, 0.15) is 29.1 Å². The highest BCUT2D eigenvalue weighted by Crippen LogP contribution is 2.31. The van der Waals surface area contributed by atoms with Crippen molar-refractivity contribution in [3.05, 3.63) is 48.2 Å². The van der Waals surface area contributed by atoms with E-state index in [1.165, 1.54) is 0 Å². The first-order valence-electron chi connectivity index (χ1n) is 10.0. The zero-order valence-corrected chi connectivity index (χ0v) is 18.3. The molecule has 1 atom stereocenters. The number of methoxy groups -OCH3 is 2. The van der Waals surface area contributed by atoms with Gasteiger partial charge in [-0.05, 0) is 26.0 Å². The minimum absolute atomic E-state index is 0.0142. The average Bonchev–Trinajstić information content (AvgIpc) is 3.40. The van der Waals surface area contributed by atoms with Crippen LogP contribution < -0.4 is 15.4 Å². The van der Waals surface area contributed by atoms with Crippen molar-refractivity contribution < 1.29 is 9.47 Å². The average molecular weight is 432 g/mol. The van der Waals surface area contributed by atoms with E-state index in [2.05, 4.69) is 36.6 Å². The zero-order chi connectivity index (χ0) is 22.7. The molecular weight excluding hydrogens is 408 g/mol. The van der Waals surface area contributed by atoms with Crippen molar-refractivity contribution in [3.63, 3.8) is 0 Å². The molecule has 1 aromatic carbocycles. The number of aryl methyl sites for hydroxylation is 1. The summed E-state index contributed by atoms with van der Waals surface area (Å²) in [6, 6.07) is 7.94. The number of nitrogens with one attached hydrogen (secondary N) is 3. The maximum absolute atomic E-state index is 9.47. The number of anilines is 3. The van der Waals surface area contributed by atoms with Gasteiger partial charge in [0.05, 0.1) is 36.0 Å². The summed E-state index contributed by atoms with van der Waals surface area (Å²) in [6.07, 6.45) is 5.27. The number of H-pyrrole nitrogens is 1. The van der Waals surface area contributed by atoms with E-state index in [4.69, 9.17) is 9.47 Å². The monoisotopic (exact) mass is 432 g/mol. The van der Waals surface area contributed by atoms with Crippen LogP contribution in [0.2, 0.25) is 0 Å². The van der Waals surface area contributed by atoms with Crippen molar-refractivity contribution >= 4 is 28.5 Å². The van der Waals surface area contributed by atoms with E-state index in [-0.39, 0.29) is 6.04 Å². The van der Waals surface area contributed by atoms with Gasteiger partial charge in [0.2, 0.25) is 5.95 Å². The van der Waals surface area contributed by atoms with Gasteiger partial charge < -0.3 is 29.7 Å². The molecule has 0 saturated carbocycles. The van der Waals surface area contributed by atoms with Gasteiger partial charge in [-0.25, -0.2) is 4.98 Å². The van der Waals surface area contributed by atoms with E-state index in [9.17, 15) is 5.26 Å². The molecule has 4 aromatic rings. The Morgan fingerprint density at radius 2 is 2.12 bits per heavy atom. The van der Waals surface area contributed by atoms with Crippen LogP contribution in [-0.4, -0.2) is 51.4 Å². The number of hydrogen-bond acceptors (Lipinski definition) is 8. The van der Waals surface area contributed by atoms with Crippen molar-refractivity contribution in [2.24, 2.45) is 0 Å². The fourth-order valence-electron chi connectivity index (χ4n) is 3.51. The Morgan fingerprint density at radius 3 is 2.81 bits per heavy atom. The third-order valence-electron chi connectivity index (χ3n) is 4.99. The SMILES string of the molecule is COCC(C)Nc1nc(Nc2ccc(-n3ccnc3C)cc2OC)nc2[nH]cc(C#N)c12. The summed E-state index contributed by atoms with van der Waals surface area (Å²) in [4.78, 5) is 16.5. The summed E-state index contributed by atoms with van der Waals surface area (Å²) >= 11 is 0. The third-order valence-corrected chi connectivity index (χ3v) is 4.99. The predicted molar refractivity (Wildman–Crippen MR) is 122 cm³/mol. The maximum atomic E-state index is 9.47. The summed E-state index contributed by atoms with van der Waals surface area (Å²) in [6.45, 7) is 4.40. The largest absolute Gasteiger partial charge is 0.494 e. The molecule has 0 spiro atoms. The van der Waals surface area contributed by atoms with Crippen LogP contribution in [0.5, 0.6) is 5.75 Å². The lowest BCUT2D eigenvalue weighted by molar-refractivity contribution is 0.190. The Kier molecular flexibility index (Phi) is 5.91. The van der Waals surface area contributed by atoms with Gasteiger partial charge in [-0.15, -0.1) is 0 Å². The molecule has 0 aliphatic carbocycles. The number of fused-ring (bicyclic) bond motifs is 1. The molecule has 10 heteroatoms. The molecule has 4 rings (SSSR count). The van der Waals surface area contributed by atoms with Crippen LogP contribution in [-0.2, 0) is 4.74 Å². The van der Waals surface area contributed by atoms with Crippen LogP contribution in [0.4, 0.5) is 17.5 Å². The highest BCUT2D eigenvalue weighted by atomic mass is 16.5. The molecule has 0 aliphatic heterocycles. The Labute approximate surface area is 185 Å². The second-order valence-electron chi connectivity index (χ2n) is 7.29. The highest BCUT2D eigenvalue weighted by molar-refractivity contribution is 5.93. The van der Waals surface area contributed by atoms with Crippen LogP contribution in [0, 0.1) is 18.3 Å². The molecule has 0 fully saturated rings. The van der Waals surface area contributed by atoms with Gasteiger partial charge in [-0.3, -0.25) is 0 Å². The Morgan fingerprint density at radius 1 is 1.28 bits per heavy atom. The lowest BCUT2D eigenvalue weighted by Gasteiger charge is -2.16. The topological polar surface area (TPSA) is 126 Å². The van der Waals surface area contributed by atoms with E-state index in [0.717, 1.165) is 11.5 Å². The molecule has 0 aliphatic rings. The second kappa shape index (κ2) is 8.95. The summed E-state index contributed by atoms with van der Waals surface area (Å²) in [5, 5.41) is 16.6. The summed E-state index contributed by atoms with van der Waals surface area (Å²) < 4.78 is 12.8. The zero-order valence-electron chi connectivity index (χ0n) is 18.3. The summed E-state index contributed by atoms with van der Waals surface area (Å²) in [5.74, 6) is 2.42. The van der Waals surface area contributed by atoms with E-state index in [1.54, 1.807) is 26.6 Å². The van der Waals surface area contributed by atoms with Gasteiger partial charge in [0, 0.05) is 37.8 Å². The lowest BCUT2D eigenvalue weighted by atomic mass is 10.2. The van der Waals surface area contributed by atoms with Crippen LogP contribution in [0.25, 0.3) is 16.7 Å². The van der Waals surface area contributed by atoms with Gasteiger partial charge in [0.15, 0.2) is 0 Å². The van der Waals surface area contributed by atoms with Crippen LogP contribution in [0.3, 0.4) is 0 Å². The molecule has 0 bridgehead atoms. The highest BCUT2D eigenvalue weighted by Gasteiger charge is 2.17. The van der Waals surface area contributed by atoms with Crippen molar-refractivity contribution in [1.82, 2.24) is 24.5 Å². The number of ether oxygens (including phenoxy) is 2. The number of aromatic amines is 1. The minimum Gasteiger partial charge on any atom is -0.494 e. The molecule has 10 nitrogen and oxygen atoms in total. The van der Waals surface area contributed by atoms with Crippen molar-refractivity contribution in [2.45, 2.75) is 19.9 Å². The normalized spacial score (nSPS) is 11.8. The Bertz CT molecular complexity index is 1290. The third kappa shape index (κ3) is 4.06. The van der Waals surface area contributed by atoms with Crippen LogP contribution in [0.1, 0.15) is 18.3 Å². The number of rotatable bonds is 8. The molecule has 0 amide bonds. The van der Waals surface area contributed by atoms with E-state index in [0.29, 0.717) is 46.4 Å². The molecule has 3 aromatic heterocycles. The second-order valence-corrected chi connectivity index (χ2v) is 7.29. The fraction of sp³-hybridized carbons (Fsp3) is 0.273. The smallest absolute Gasteiger partial charge is 0.231 e. The molecule has 0 radical (unpaired) electrons. The standard InChI is InChI=1S/C22H24N8O2/c1-13(12-31-3)26-21-19-15(10-23)11-25-20(19)28-22(29-21)27-17-6-5-16(9-18(17)32-4)30-8-7-24-14(30)2/h5-9,11,13H,12H2,1-4H3,(H3,25,26,27,28,29). The van der Waals surface area contributed by atoms with Gasteiger partial charge >= 0.3 is 0 Å². The minimum atomic E-state index is -0.0142. The molecule has 164 valence electrons. The van der Waals surface area contributed by atoms with Crippen LogP contribution in [0.15, 0.2) is 36.8 Å². The van der Waals surface area contributed by atoms with E-state index < -0.39 is 0 Å². The first-order chi connectivity index (χ1) is 15.5. The predicted octanol–water partition coefficient (Wildman–Crippen LogP) is 3.52. The number of aromatic nitrogens is 5. The van der Waals surface area contributed by atoms with E-state index >= 15 is 0 Å². The maximum Gasteiger partial charge on any atom is 0.231 e. The quantitative estimate of drug-likeness (QED) is 0.386. The van der Waals surface area contributed by atoms with Gasteiger partial charge in [-0.1, -0.05) is 0 Å². The number of nitrogens with zero attached hydrogens (tertiary/aromatic N) is 5. The molecular formula is C22H24N8O2. The van der Waals surface area contributed by atoms with Crippen molar-refractivity contribution in [1.29, 1.82) is 5.26 Å². The van der Waals surface area contributed by atoms with Crippen molar-refractivity contribution in [2.75, 3.05) is 31.5 Å². The number of imidazole rings is 1. The number of benzene rings is 1. The van der Waals surface area contributed by atoms with Gasteiger partial charge in [0.25, 0.3) is 0 Å². The number of nitriles is 1.